The van der Waals surface area contributed by atoms with Crippen LogP contribution in [0.25, 0.3) is 0 Å². The van der Waals surface area contributed by atoms with Crippen LogP contribution in [0.5, 0.6) is 11.5 Å². The Balaban J connectivity index is 0. The summed E-state index contributed by atoms with van der Waals surface area (Å²) in [7, 11) is 3.05. The van der Waals surface area contributed by atoms with Crippen LogP contribution in [0.15, 0.2) is 23.6 Å². The zero-order valence-electron chi connectivity index (χ0n) is 19.9. The van der Waals surface area contributed by atoms with Gasteiger partial charge >= 0.3 is 5.97 Å². The van der Waals surface area contributed by atoms with Crippen molar-refractivity contribution in [1.29, 1.82) is 0 Å². The molecule has 12 heteroatoms. The van der Waals surface area contributed by atoms with E-state index in [1.54, 1.807) is 20.0 Å². The number of phenolic OH excluding ortho intramolecular Hbond substituents is 2. The maximum Gasteiger partial charge on any atom is 0.350 e. The number of anilines is 1. The molecule has 2 rings (SSSR count). The molecule has 2 atom stereocenters. The summed E-state index contributed by atoms with van der Waals surface area (Å²) in [5, 5.41) is 38.1. The van der Waals surface area contributed by atoms with Gasteiger partial charge in [0.2, 0.25) is 5.91 Å². The second-order valence-corrected chi connectivity index (χ2v) is 7.98. The van der Waals surface area contributed by atoms with E-state index in [1.165, 1.54) is 30.6 Å². The highest BCUT2D eigenvalue weighted by molar-refractivity contribution is 7.12. The molecule has 34 heavy (non-hydrogen) atoms. The standard InChI is InChI=1S/C13H20N2O3S.C9H13NO3.2ClH/c1-5-6-14-9(3)12(16)15-10-8(2)7-19-11(10)13(17)18-4;1-10-5-9(13)6-2-3-7(11)8(12)4-6;;/h7,9,14H,5-6H2,1-4H3,(H,15,16);2-4,9-13H,5H2,1H3;2*1H/t;9-;;/m.0../s1. The number of halogens is 2. The summed E-state index contributed by atoms with van der Waals surface area (Å²) in [5.74, 6) is -0.976. The molecule has 6 N–H and O–H groups in total. The zero-order chi connectivity index (χ0) is 24.3. The van der Waals surface area contributed by atoms with Gasteiger partial charge in [0.25, 0.3) is 0 Å². The number of thiophene rings is 1. The van der Waals surface area contributed by atoms with Crippen LogP contribution >= 0.6 is 36.2 Å². The fourth-order valence-corrected chi connectivity index (χ4v) is 3.51. The van der Waals surface area contributed by atoms with E-state index in [2.05, 4.69) is 16.0 Å². The number of likely N-dealkylation sites (N-methyl/N-ethyl adjacent to an activating group) is 1. The number of carbonyl (C=O) groups excluding carboxylic acids is 2. The van der Waals surface area contributed by atoms with E-state index in [4.69, 9.17) is 14.9 Å². The normalized spacial score (nSPS) is 11.6. The van der Waals surface area contributed by atoms with Gasteiger partial charge in [-0.2, -0.15) is 0 Å². The fraction of sp³-hybridized carbons (Fsp3) is 0.455. The van der Waals surface area contributed by atoms with Crippen LogP contribution in [-0.2, 0) is 9.53 Å². The summed E-state index contributed by atoms with van der Waals surface area (Å²) in [5.41, 5.74) is 1.98. The Morgan fingerprint density at radius 3 is 2.35 bits per heavy atom. The summed E-state index contributed by atoms with van der Waals surface area (Å²) in [6.07, 6.45) is 0.291. The zero-order valence-corrected chi connectivity index (χ0v) is 22.3. The summed E-state index contributed by atoms with van der Waals surface area (Å²) in [6, 6.07) is 3.96. The summed E-state index contributed by atoms with van der Waals surface area (Å²) >= 11 is 1.27. The van der Waals surface area contributed by atoms with Gasteiger partial charge in [0.15, 0.2) is 11.5 Å². The minimum atomic E-state index is -0.670. The first-order chi connectivity index (χ1) is 15.2. The number of aliphatic hydroxyl groups is 1. The molecule has 0 saturated carbocycles. The molecule has 0 fully saturated rings. The molecule has 0 saturated heterocycles. The van der Waals surface area contributed by atoms with E-state index >= 15 is 0 Å². The highest BCUT2D eigenvalue weighted by Gasteiger charge is 2.20. The Bertz CT molecular complexity index is 898. The number of aryl methyl sites for hydroxylation is 1. The van der Waals surface area contributed by atoms with Crippen LogP contribution in [0.1, 0.15) is 47.2 Å². The van der Waals surface area contributed by atoms with Crippen LogP contribution in [-0.4, -0.2) is 60.5 Å². The third-order valence-corrected chi connectivity index (χ3v) is 5.55. The lowest BCUT2D eigenvalue weighted by Gasteiger charge is -2.14. The number of hydrogen-bond donors (Lipinski definition) is 6. The van der Waals surface area contributed by atoms with Crippen molar-refractivity contribution in [2.75, 3.05) is 32.6 Å². The quantitative estimate of drug-likeness (QED) is 0.210. The van der Waals surface area contributed by atoms with Gasteiger partial charge in [-0.3, -0.25) is 4.79 Å². The number of benzene rings is 1. The fourth-order valence-electron chi connectivity index (χ4n) is 2.59. The highest BCUT2D eigenvalue weighted by Crippen LogP contribution is 2.29. The minimum absolute atomic E-state index is 0. The molecule has 1 unspecified atom stereocenters. The molecule has 0 bridgehead atoms. The monoisotopic (exact) mass is 539 g/mol. The maximum atomic E-state index is 12.0. The molecule has 1 aromatic heterocycles. The maximum absolute atomic E-state index is 12.0. The van der Waals surface area contributed by atoms with Crippen molar-refractivity contribution < 1.29 is 29.6 Å². The number of ether oxygens (including phenoxy) is 1. The molecule has 2 aromatic rings. The SMILES string of the molecule is CCCNC(C)C(=O)Nc1c(C)csc1C(=O)OC.CNC[C@H](O)c1ccc(O)c(O)c1.Cl.Cl. The number of amides is 1. The Morgan fingerprint density at radius 2 is 1.82 bits per heavy atom. The number of carbonyl (C=O) groups is 2. The Hall–Kier alpha value is -2.08. The molecule has 0 aliphatic rings. The molecule has 0 aliphatic carbocycles. The van der Waals surface area contributed by atoms with Crippen LogP contribution in [0.2, 0.25) is 0 Å². The number of methoxy groups -OCH3 is 1. The smallest absolute Gasteiger partial charge is 0.350 e. The second kappa shape index (κ2) is 17.4. The average Bonchev–Trinajstić information content (AvgIpc) is 3.13. The molecule has 0 radical (unpaired) electrons. The molecular formula is C22H35Cl2N3O6S. The minimum Gasteiger partial charge on any atom is -0.504 e. The van der Waals surface area contributed by atoms with Crippen molar-refractivity contribution in [3.63, 3.8) is 0 Å². The number of nitrogens with one attached hydrogen (secondary N) is 3. The predicted octanol–water partition coefficient (Wildman–Crippen LogP) is 3.36. The topological polar surface area (TPSA) is 140 Å². The first-order valence-corrected chi connectivity index (χ1v) is 11.1. The van der Waals surface area contributed by atoms with Crippen molar-refractivity contribution in [3.05, 3.63) is 39.6 Å². The number of phenols is 2. The Morgan fingerprint density at radius 1 is 1.18 bits per heavy atom. The number of hydrogen-bond acceptors (Lipinski definition) is 9. The van der Waals surface area contributed by atoms with E-state index in [-0.39, 0.29) is 48.3 Å². The molecule has 1 heterocycles. The summed E-state index contributed by atoms with van der Waals surface area (Å²) in [6.45, 7) is 6.87. The van der Waals surface area contributed by atoms with Gasteiger partial charge in [-0.05, 0) is 62.5 Å². The Labute approximate surface area is 216 Å². The Kier molecular flexibility index (Phi) is 17.4. The lowest BCUT2D eigenvalue weighted by molar-refractivity contribution is -0.117. The molecular weight excluding hydrogens is 505 g/mol. The lowest BCUT2D eigenvalue weighted by Crippen LogP contribution is -2.38. The van der Waals surface area contributed by atoms with E-state index < -0.39 is 12.1 Å². The third-order valence-electron chi connectivity index (χ3n) is 4.47. The van der Waals surface area contributed by atoms with Crippen molar-refractivity contribution >= 4 is 53.7 Å². The summed E-state index contributed by atoms with van der Waals surface area (Å²) < 4.78 is 4.70. The van der Waals surface area contributed by atoms with Crippen molar-refractivity contribution in [2.24, 2.45) is 0 Å². The molecule has 0 aliphatic heterocycles. The van der Waals surface area contributed by atoms with Crippen molar-refractivity contribution in [3.8, 4) is 11.5 Å². The number of esters is 1. The highest BCUT2D eigenvalue weighted by atomic mass is 35.5. The van der Waals surface area contributed by atoms with Gasteiger partial charge in [0.05, 0.1) is 24.9 Å². The van der Waals surface area contributed by atoms with E-state index in [0.717, 1.165) is 18.5 Å². The van der Waals surface area contributed by atoms with Crippen molar-refractivity contribution in [2.45, 2.75) is 39.3 Å². The van der Waals surface area contributed by atoms with Gasteiger partial charge in [-0.1, -0.05) is 13.0 Å². The molecule has 1 aromatic carbocycles. The van der Waals surface area contributed by atoms with Gasteiger partial charge in [0.1, 0.15) is 4.88 Å². The lowest BCUT2D eigenvalue weighted by atomic mass is 10.1. The van der Waals surface area contributed by atoms with E-state index in [9.17, 15) is 14.7 Å². The van der Waals surface area contributed by atoms with Crippen LogP contribution < -0.4 is 16.0 Å². The van der Waals surface area contributed by atoms with Gasteiger partial charge in [-0.15, -0.1) is 36.2 Å². The largest absolute Gasteiger partial charge is 0.504 e. The van der Waals surface area contributed by atoms with Gasteiger partial charge in [0, 0.05) is 6.54 Å². The number of aliphatic hydroxyl groups excluding tert-OH is 1. The molecule has 194 valence electrons. The first-order valence-electron chi connectivity index (χ1n) is 10.2. The summed E-state index contributed by atoms with van der Waals surface area (Å²) in [4.78, 5) is 24.0. The van der Waals surface area contributed by atoms with Crippen molar-refractivity contribution in [1.82, 2.24) is 10.6 Å². The molecule has 0 spiro atoms. The number of rotatable bonds is 9. The van der Waals surface area contributed by atoms with Crippen LogP contribution in [0, 0.1) is 6.92 Å². The third kappa shape index (κ3) is 10.5. The van der Waals surface area contributed by atoms with Gasteiger partial charge in [-0.25, -0.2) is 4.79 Å². The predicted molar refractivity (Wildman–Crippen MR) is 140 cm³/mol. The van der Waals surface area contributed by atoms with Gasteiger partial charge < -0.3 is 36.0 Å². The van der Waals surface area contributed by atoms with Crippen LogP contribution in [0.4, 0.5) is 5.69 Å². The first kappa shape index (κ1) is 34.1. The average molecular weight is 541 g/mol. The van der Waals surface area contributed by atoms with E-state index in [0.29, 0.717) is 22.7 Å². The van der Waals surface area contributed by atoms with E-state index in [1.807, 2.05) is 19.2 Å². The molecule has 1 amide bonds. The molecule has 9 nitrogen and oxygen atoms in total. The second-order valence-electron chi connectivity index (χ2n) is 7.10. The van der Waals surface area contributed by atoms with Crippen LogP contribution in [0.3, 0.4) is 0 Å². The number of aromatic hydroxyl groups is 2.